The number of furan rings is 1. The van der Waals surface area contributed by atoms with Crippen LogP contribution >= 0.6 is 0 Å². The Labute approximate surface area is 159 Å². The van der Waals surface area contributed by atoms with E-state index in [9.17, 15) is 35.9 Å². The lowest BCUT2D eigenvalue weighted by atomic mass is 10.2. The first-order valence-corrected chi connectivity index (χ1v) is 8.50. The van der Waals surface area contributed by atoms with Crippen LogP contribution in [0.4, 0.5) is 26.3 Å². The summed E-state index contributed by atoms with van der Waals surface area (Å²) in [5, 5.41) is 3.78. The molecule has 1 aliphatic carbocycles. The first-order chi connectivity index (χ1) is 13.4. The molecule has 0 bridgehead atoms. The van der Waals surface area contributed by atoms with E-state index in [1.807, 2.05) is 0 Å². The minimum atomic E-state index is -4.98. The van der Waals surface area contributed by atoms with Gasteiger partial charge in [-0.3, -0.25) is 9.59 Å². The third-order valence-corrected chi connectivity index (χ3v) is 4.23. The quantitative estimate of drug-likeness (QED) is 0.669. The maximum Gasteiger partial charge on any atom is 0.421 e. The molecule has 1 amide bonds. The molecule has 158 valence electrons. The number of hydrogen-bond donors (Lipinski definition) is 0. The maximum absolute atomic E-state index is 13.2. The van der Waals surface area contributed by atoms with Gasteiger partial charge in [0.2, 0.25) is 5.91 Å². The van der Waals surface area contributed by atoms with Gasteiger partial charge in [-0.15, -0.1) is 0 Å². The van der Waals surface area contributed by atoms with Gasteiger partial charge < -0.3 is 9.32 Å². The number of carbonyl (C=O) groups excluding carboxylic acids is 1. The Hall–Kier alpha value is -2.79. The van der Waals surface area contributed by atoms with Gasteiger partial charge >= 0.3 is 12.4 Å². The Morgan fingerprint density at radius 2 is 1.93 bits per heavy atom. The maximum atomic E-state index is 13.2. The van der Waals surface area contributed by atoms with Crippen LogP contribution in [0, 0.1) is 0 Å². The van der Waals surface area contributed by atoms with Crippen LogP contribution in [0.15, 0.2) is 33.7 Å². The van der Waals surface area contributed by atoms with Crippen molar-refractivity contribution in [2.24, 2.45) is 0 Å². The predicted octanol–water partition coefficient (Wildman–Crippen LogP) is 3.32. The number of hydrogen-bond acceptors (Lipinski definition) is 4. The van der Waals surface area contributed by atoms with Crippen molar-refractivity contribution >= 4 is 5.91 Å². The smallest absolute Gasteiger partial charge is 0.421 e. The molecular weight excluding hydrogens is 408 g/mol. The Morgan fingerprint density at radius 3 is 2.45 bits per heavy atom. The molecular formula is C17H15F6N3O3. The zero-order valence-corrected chi connectivity index (χ0v) is 14.8. The van der Waals surface area contributed by atoms with Crippen LogP contribution in [0.1, 0.15) is 35.8 Å². The third-order valence-electron chi connectivity index (χ3n) is 4.23. The highest BCUT2D eigenvalue weighted by atomic mass is 19.4. The number of halogens is 6. The van der Waals surface area contributed by atoms with Gasteiger partial charge in [-0.25, -0.2) is 4.68 Å². The van der Waals surface area contributed by atoms with Crippen LogP contribution < -0.4 is 5.56 Å². The second-order valence-corrected chi connectivity index (χ2v) is 6.66. The predicted molar refractivity (Wildman–Crippen MR) is 85.7 cm³/mol. The summed E-state index contributed by atoms with van der Waals surface area (Å²) >= 11 is 0. The fraction of sp³-hybridized carbons (Fsp3) is 0.471. The lowest BCUT2D eigenvalue weighted by molar-refractivity contribution is -0.163. The van der Waals surface area contributed by atoms with E-state index in [-0.39, 0.29) is 22.1 Å². The zero-order valence-electron chi connectivity index (χ0n) is 14.8. The summed E-state index contributed by atoms with van der Waals surface area (Å²) in [5.74, 6) is -1.44. The molecule has 0 radical (unpaired) electrons. The summed E-state index contributed by atoms with van der Waals surface area (Å²) < 4.78 is 83.3. The molecule has 0 unspecified atom stereocenters. The number of amides is 1. The highest BCUT2D eigenvalue weighted by Crippen LogP contribution is 2.40. The standard InChI is InChI=1S/C17H15F6N3O3/c18-16(19,20)9-25(7-11-2-1-5-29-11)14(27)8-26-15(28)12(17(21,22)23)6-13(24-26)10-3-4-10/h1-2,5-6,10H,3-4,7-9H2. The van der Waals surface area contributed by atoms with Crippen molar-refractivity contribution in [1.82, 2.24) is 14.7 Å². The van der Waals surface area contributed by atoms with Gasteiger partial charge in [0.1, 0.15) is 24.4 Å². The first-order valence-electron chi connectivity index (χ1n) is 8.50. The van der Waals surface area contributed by atoms with Crippen molar-refractivity contribution in [3.63, 3.8) is 0 Å². The van der Waals surface area contributed by atoms with Crippen LogP contribution in [-0.4, -0.2) is 33.3 Å². The molecule has 0 aromatic carbocycles. The average Bonchev–Trinajstić information content (AvgIpc) is 3.31. The molecule has 2 heterocycles. The lowest BCUT2D eigenvalue weighted by Gasteiger charge is -2.23. The van der Waals surface area contributed by atoms with Gasteiger partial charge in [0.15, 0.2) is 0 Å². The molecule has 29 heavy (non-hydrogen) atoms. The topological polar surface area (TPSA) is 68.3 Å². The van der Waals surface area contributed by atoms with Gasteiger partial charge in [-0.2, -0.15) is 31.4 Å². The van der Waals surface area contributed by atoms with Crippen LogP contribution in [0.25, 0.3) is 0 Å². The molecule has 0 aliphatic heterocycles. The molecule has 1 fully saturated rings. The van der Waals surface area contributed by atoms with E-state index in [4.69, 9.17) is 4.42 Å². The van der Waals surface area contributed by atoms with E-state index in [2.05, 4.69) is 5.10 Å². The molecule has 0 N–H and O–H groups in total. The van der Waals surface area contributed by atoms with Gasteiger partial charge in [-0.1, -0.05) is 0 Å². The summed E-state index contributed by atoms with van der Waals surface area (Å²) in [6.45, 7) is -3.27. The second-order valence-electron chi connectivity index (χ2n) is 6.66. The molecule has 6 nitrogen and oxygen atoms in total. The molecule has 0 saturated heterocycles. The molecule has 3 rings (SSSR count). The number of nitrogens with zero attached hydrogens (tertiary/aromatic N) is 3. The summed E-state index contributed by atoms with van der Waals surface area (Å²) in [7, 11) is 0. The van der Waals surface area contributed by atoms with E-state index < -0.39 is 49.0 Å². The summed E-state index contributed by atoms with van der Waals surface area (Å²) in [5.41, 5.74) is -3.10. The largest absolute Gasteiger partial charge is 0.467 e. The Kier molecular flexibility index (Phi) is 5.46. The normalized spacial score (nSPS) is 14.8. The summed E-state index contributed by atoms with van der Waals surface area (Å²) in [4.78, 5) is 24.9. The third kappa shape index (κ3) is 5.39. The van der Waals surface area contributed by atoms with Crippen LogP contribution in [-0.2, 0) is 24.1 Å². The van der Waals surface area contributed by atoms with E-state index >= 15 is 0 Å². The number of aromatic nitrogens is 2. The average molecular weight is 423 g/mol. The fourth-order valence-electron chi connectivity index (χ4n) is 2.72. The summed E-state index contributed by atoms with van der Waals surface area (Å²) in [6.07, 6.45) is -7.38. The molecule has 1 aliphatic rings. The van der Waals surface area contributed by atoms with Crippen LogP contribution in [0.3, 0.4) is 0 Å². The highest BCUT2D eigenvalue weighted by molar-refractivity contribution is 5.76. The second kappa shape index (κ2) is 7.56. The first kappa shape index (κ1) is 20.9. The van der Waals surface area contributed by atoms with E-state index in [0.717, 1.165) is 0 Å². The number of rotatable bonds is 6. The lowest BCUT2D eigenvalue weighted by Crippen LogP contribution is -2.43. The Morgan fingerprint density at radius 1 is 1.24 bits per heavy atom. The molecule has 2 aromatic heterocycles. The van der Waals surface area contributed by atoms with E-state index in [1.54, 1.807) is 0 Å². The number of carbonyl (C=O) groups is 1. The number of alkyl halides is 6. The monoisotopic (exact) mass is 423 g/mol. The molecule has 2 aromatic rings. The van der Waals surface area contributed by atoms with Crippen molar-refractivity contribution in [3.8, 4) is 0 Å². The van der Waals surface area contributed by atoms with Crippen molar-refractivity contribution in [3.05, 3.63) is 51.8 Å². The van der Waals surface area contributed by atoms with Crippen LogP contribution in [0.2, 0.25) is 0 Å². The highest BCUT2D eigenvalue weighted by Gasteiger charge is 2.38. The van der Waals surface area contributed by atoms with Gasteiger partial charge in [0.25, 0.3) is 5.56 Å². The van der Waals surface area contributed by atoms with Crippen molar-refractivity contribution < 1.29 is 35.6 Å². The SMILES string of the molecule is O=C(Cn1nc(C2CC2)cc(C(F)(F)F)c1=O)N(Cc1ccco1)CC(F)(F)F. The minimum absolute atomic E-state index is 0.0156. The molecule has 12 heteroatoms. The molecule has 0 spiro atoms. The van der Waals surface area contributed by atoms with Gasteiger partial charge in [0.05, 0.1) is 18.5 Å². The Balaban J connectivity index is 1.90. The van der Waals surface area contributed by atoms with Gasteiger partial charge in [-0.05, 0) is 31.0 Å². The van der Waals surface area contributed by atoms with Crippen molar-refractivity contribution in [2.75, 3.05) is 6.54 Å². The van der Waals surface area contributed by atoms with E-state index in [1.165, 1.54) is 18.4 Å². The minimum Gasteiger partial charge on any atom is -0.467 e. The molecule has 1 saturated carbocycles. The van der Waals surface area contributed by atoms with E-state index in [0.29, 0.717) is 23.8 Å². The Bertz CT molecular complexity index is 929. The van der Waals surface area contributed by atoms with Crippen molar-refractivity contribution in [2.45, 2.75) is 44.2 Å². The van der Waals surface area contributed by atoms with Gasteiger partial charge in [0, 0.05) is 5.92 Å². The zero-order chi connectivity index (χ0) is 21.4. The van der Waals surface area contributed by atoms with Crippen LogP contribution in [0.5, 0.6) is 0 Å². The fourth-order valence-corrected chi connectivity index (χ4v) is 2.72. The summed E-state index contributed by atoms with van der Waals surface area (Å²) in [6, 6.07) is 3.39. The van der Waals surface area contributed by atoms with Crippen molar-refractivity contribution in [1.29, 1.82) is 0 Å². The molecule has 0 atom stereocenters.